The molecular weight excluding hydrogens is 328 g/mol. The number of nitrogens with zero attached hydrogens (tertiary/aromatic N) is 1. The number of benzene rings is 1. The van der Waals surface area contributed by atoms with Gasteiger partial charge in [0.15, 0.2) is 5.89 Å². The van der Waals surface area contributed by atoms with Crippen LogP contribution in [0.2, 0.25) is 0 Å². The number of anilines is 1. The van der Waals surface area contributed by atoms with E-state index in [0.717, 1.165) is 0 Å². The Balaban J connectivity index is 2.28. The van der Waals surface area contributed by atoms with Crippen LogP contribution in [-0.4, -0.2) is 37.0 Å². The maximum atomic E-state index is 12.3. The van der Waals surface area contributed by atoms with Gasteiger partial charge in [0.25, 0.3) is 0 Å². The number of rotatable bonds is 5. The number of ether oxygens (including phenoxy) is 2. The van der Waals surface area contributed by atoms with E-state index in [0.29, 0.717) is 17.3 Å². The summed E-state index contributed by atoms with van der Waals surface area (Å²) in [6.45, 7) is 3.42. The van der Waals surface area contributed by atoms with Crippen LogP contribution in [0.5, 0.6) is 0 Å². The number of hydrogen-bond acceptors (Lipinski definition) is 7. The van der Waals surface area contributed by atoms with Gasteiger partial charge >= 0.3 is 11.9 Å². The second kappa shape index (κ2) is 7.61. The van der Waals surface area contributed by atoms with Gasteiger partial charge in [-0.1, -0.05) is 0 Å². The van der Waals surface area contributed by atoms with Crippen LogP contribution in [0.25, 0.3) is 0 Å². The molecule has 1 aromatic heterocycles. The van der Waals surface area contributed by atoms with Crippen LogP contribution in [0.15, 0.2) is 22.6 Å². The van der Waals surface area contributed by atoms with E-state index in [4.69, 9.17) is 9.15 Å². The van der Waals surface area contributed by atoms with Crippen molar-refractivity contribution < 1.29 is 28.3 Å². The number of esters is 2. The molecule has 1 N–H and O–H groups in total. The van der Waals surface area contributed by atoms with Gasteiger partial charge in [-0.2, -0.15) is 0 Å². The Morgan fingerprint density at radius 3 is 2.36 bits per heavy atom. The minimum absolute atomic E-state index is 0.0598. The van der Waals surface area contributed by atoms with Gasteiger partial charge in [-0.05, 0) is 25.1 Å². The highest BCUT2D eigenvalue weighted by molar-refractivity contribution is 6.03. The molecule has 1 heterocycles. The number of nitrogens with one attached hydrogen (secondary N) is 1. The van der Waals surface area contributed by atoms with Crippen molar-refractivity contribution in [1.82, 2.24) is 4.98 Å². The first-order valence-electron chi connectivity index (χ1n) is 7.39. The molecule has 8 heteroatoms. The Labute approximate surface area is 144 Å². The van der Waals surface area contributed by atoms with Gasteiger partial charge in [0, 0.05) is 6.92 Å². The molecule has 132 valence electrons. The fourth-order valence-electron chi connectivity index (χ4n) is 2.26. The van der Waals surface area contributed by atoms with Gasteiger partial charge in [-0.25, -0.2) is 14.6 Å². The van der Waals surface area contributed by atoms with Gasteiger partial charge < -0.3 is 19.2 Å². The molecule has 0 unspecified atom stereocenters. The number of carbonyl (C=O) groups is 3. The third kappa shape index (κ3) is 4.23. The second-order valence-electron chi connectivity index (χ2n) is 5.21. The van der Waals surface area contributed by atoms with Crippen LogP contribution in [0.3, 0.4) is 0 Å². The van der Waals surface area contributed by atoms with E-state index in [-0.39, 0.29) is 23.2 Å². The highest BCUT2D eigenvalue weighted by Crippen LogP contribution is 2.20. The normalized spacial score (nSPS) is 10.2. The molecule has 25 heavy (non-hydrogen) atoms. The molecule has 1 amide bonds. The number of carbonyl (C=O) groups excluding carboxylic acids is 3. The summed E-state index contributed by atoms with van der Waals surface area (Å²) in [5, 5.41) is 2.59. The highest BCUT2D eigenvalue weighted by Gasteiger charge is 2.19. The van der Waals surface area contributed by atoms with Gasteiger partial charge in [-0.3, -0.25) is 4.79 Å². The van der Waals surface area contributed by atoms with Crippen LogP contribution in [0.1, 0.15) is 38.1 Å². The van der Waals surface area contributed by atoms with E-state index in [2.05, 4.69) is 15.0 Å². The minimum Gasteiger partial charge on any atom is -0.465 e. The number of aryl methyl sites for hydroxylation is 2. The molecule has 2 aromatic rings. The van der Waals surface area contributed by atoms with E-state index in [1.807, 2.05) is 0 Å². The number of aromatic nitrogens is 1. The van der Waals surface area contributed by atoms with Crippen molar-refractivity contribution in [3.63, 3.8) is 0 Å². The predicted molar refractivity (Wildman–Crippen MR) is 87.4 cm³/mol. The number of amides is 1. The zero-order valence-corrected chi connectivity index (χ0v) is 14.3. The molecule has 2 rings (SSSR count). The van der Waals surface area contributed by atoms with Crippen molar-refractivity contribution in [2.24, 2.45) is 0 Å². The quantitative estimate of drug-likeness (QED) is 0.825. The van der Waals surface area contributed by atoms with Crippen LogP contribution in [-0.2, 0) is 20.7 Å². The smallest absolute Gasteiger partial charge is 0.339 e. The first-order valence-corrected chi connectivity index (χ1v) is 7.39. The summed E-state index contributed by atoms with van der Waals surface area (Å²) in [7, 11) is 2.46. The molecule has 0 spiro atoms. The Hall–Kier alpha value is -3.16. The molecule has 0 aliphatic carbocycles. The zero-order chi connectivity index (χ0) is 18.6. The second-order valence-corrected chi connectivity index (χ2v) is 5.21. The topological polar surface area (TPSA) is 108 Å². The van der Waals surface area contributed by atoms with E-state index >= 15 is 0 Å². The van der Waals surface area contributed by atoms with Crippen LogP contribution >= 0.6 is 0 Å². The van der Waals surface area contributed by atoms with Crippen LogP contribution in [0.4, 0.5) is 5.69 Å². The summed E-state index contributed by atoms with van der Waals surface area (Å²) in [6.07, 6.45) is -0.0598. The third-order valence-corrected chi connectivity index (χ3v) is 3.44. The average Bonchev–Trinajstić information content (AvgIpc) is 2.90. The van der Waals surface area contributed by atoms with E-state index < -0.39 is 17.8 Å². The van der Waals surface area contributed by atoms with E-state index in [9.17, 15) is 14.4 Å². The van der Waals surface area contributed by atoms with Gasteiger partial charge in [0.2, 0.25) is 5.91 Å². The Kier molecular flexibility index (Phi) is 5.53. The van der Waals surface area contributed by atoms with Crippen molar-refractivity contribution in [3.05, 3.63) is 46.7 Å². The first kappa shape index (κ1) is 18.2. The lowest BCUT2D eigenvalue weighted by Gasteiger charge is -2.11. The van der Waals surface area contributed by atoms with Gasteiger partial charge in [0.1, 0.15) is 5.76 Å². The van der Waals surface area contributed by atoms with E-state index in [1.54, 1.807) is 13.8 Å². The number of methoxy groups -OCH3 is 2. The summed E-state index contributed by atoms with van der Waals surface area (Å²) in [6, 6.07) is 4.16. The molecule has 0 saturated carbocycles. The molecule has 0 aliphatic heterocycles. The largest absolute Gasteiger partial charge is 0.465 e. The molecule has 8 nitrogen and oxygen atoms in total. The van der Waals surface area contributed by atoms with Crippen LogP contribution in [0, 0.1) is 13.8 Å². The Morgan fingerprint density at radius 2 is 1.80 bits per heavy atom. The number of oxazole rings is 1. The molecule has 0 atom stereocenters. The standard InChI is InChI=1S/C17H18N2O6/c1-9-14(25-10(2)18-9)8-15(20)19-13-7-11(16(21)23-3)5-6-12(13)17(22)24-4/h5-7H,8H2,1-4H3,(H,19,20). The lowest BCUT2D eigenvalue weighted by atomic mass is 10.1. The zero-order valence-electron chi connectivity index (χ0n) is 14.3. The Bertz CT molecular complexity index is 825. The first-order chi connectivity index (χ1) is 11.8. The molecule has 0 fully saturated rings. The van der Waals surface area contributed by atoms with Gasteiger partial charge in [0.05, 0.1) is 43.1 Å². The fourth-order valence-corrected chi connectivity index (χ4v) is 2.26. The summed E-state index contributed by atoms with van der Waals surface area (Å²) >= 11 is 0. The van der Waals surface area contributed by atoms with Crippen molar-refractivity contribution in [2.75, 3.05) is 19.5 Å². The third-order valence-electron chi connectivity index (χ3n) is 3.44. The minimum atomic E-state index is -0.640. The monoisotopic (exact) mass is 346 g/mol. The number of hydrogen-bond donors (Lipinski definition) is 1. The molecular formula is C17H18N2O6. The van der Waals surface area contributed by atoms with Crippen molar-refractivity contribution in [1.29, 1.82) is 0 Å². The molecule has 0 bridgehead atoms. The van der Waals surface area contributed by atoms with Crippen molar-refractivity contribution in [3.8, 4) is 0 Å². The maximum absolute atomic E-state index is 12.3. The summed E-state index contributed by atoms with van der Waals surface area (Å²) in [5.41, 5.74) is 1.07. The maximum Gasteiger partial charge on any atom is 0.339 e. The summed E-state index contributed by atoms with van der Waals surface area (Å²) < 4.78 is 14.7. The molecule has 0 aliphatic rings. The SMILES string of the molecule is COC(=O)c1ccc(C(=O)OC)c(NC(=O)Cc2oc(C)nc2C)c1. The highest BCUT2D eigenvalue weighted by atomic mass is 16.5. The molecule has 0 saturated heterocycles. The lowest BCUT2D eigenvalue weighted by Crippen LogP contribution is -2.18. The lowest BCUT2D eigenvalue weighted by molar-refractivity contribution is -0.115. The summed E-state index contributed by atoms with van der Waals surface area (Å²) in [4.78, 5) is 39.9. The van der Waals surface area contributed by atoms with Crippen molar-refractivity contribution >= 4 is 23.5 Å². The van der Waals surface area contributed by atoms with Crippen LogP contribution < -0.4 is 5.32 Å². The molecule has 0 radical (unpaired) electrons. The van der Waals surface area contributed by atoms with E-state index in [1.165, 1.54) is 32.4 Å². The molecule has 1 aromatic carbocycles. The fraction of sp³-hybridized carbons (Fsp3) is 0.294. The van der Waals surface area contributed by atoms with Crippen molar-refractivity contribution in [2.45, 2.75) is 20.3 Å². The van der Waals surface area contributed by atoms with Gasteiger partial charge in [-0.15, -0.1) is 0 Å². The Morgan fingerprint density at radius 1 is 1.12 bits per heavy atom. The average molecular weight is 346 g/mol. The summed E-state index contributed by atoms with van der Waals surface area (Å²) in [5.74, 6) is -0.763. The predicted octanol–water partition coefficient (Wildman–Crippen LogP) is 2.05.